The minimum Gasteiger partial charge on any atom is -0.325 e. The van der Waals surface area contributed by atoms with Crippen molar-refractivity contribution < 1.29 is 4.79 Å². The Morgan fingerprint density at radius 3 is 2.20 bits per heavy atom. The topological polar surface area (TPSA) is 52.9 Å². The molecule has 0 heterocycles. The summed E-state index contributed by atoms with van der Waals surface area (Å²) in [5.74, 6) is 0.163. The maximum atomic E-state index is 12.7. The highest BCUT2D eigenvalue weighted by molar-refractivity contribution is 7.59. The van der Waals surface area contributed by atoms with Gasteiger partial charge < -0.3 is 5.32 Å². The average Bonchev–Trinajstić information content (AvgIpc) is 2.31. The molecule has 0 aliphatic heterocycles. The van der Waals surface area contributed by atoms with Crippen LogP contribution in [0, 0.1) is 25.2 Å². The second-order valence-corrected chi connectivity index (χ2v) is 8.48. The Morgan fingerprint density at radius 2 is 1.85 bits per heavy atom. The largest absolute Gasteiger partial charge is 0.325 e. The van der Waals surface area contributed by atoms with Gasteiger partial charge in [-0.05, 0) is 63.3 Å². The molecule has 1 aromatic carbocycles. The van der Waals surface area contributed by atoms with E-state index in [1.807, 2.05) is 26.0 Å². The van der Waals surface area contributed by atoms with E-state index >= 15 is 0 Å². The van der Waals surface area contributed by atoms with Crippen molar-refractivity contribution in [3.05, 3.63) is 28.8 Å². The first kappa shape index (κ1) is 15.0. The highest BCUT2D eigenvalue weighted by atomic mass is 31.1. The van der Waals surface area contributed by atoms with Gasteiger partial charge in [0, 0.05) is 5.69 Å². The van der Waals surface area contributed by atoms with Gasteiger partial charge >= 0.3 is 0 Å². The van der Waals surface area contributed by atoms with E-state index in [1.165, 1.54) is 0 Å². The van der Waals surface area contributed by atoms with E-state index in [1.54, 1.807) is 0 Å². The Labute approximate surface area is 122 Å². The standard InChI is InChI=1S/C16H21N2OP/c1-11-8-13(10-17)9-12(2)14(11)18-15(19)16(20(3)4)6-5-7-16/h8-9H,5-7H2,1-4H3,(H,18,19). The van der Waals surface area contributed by atoms with E-state index < -0.39 is 0 Å². The van der Waals surface area contributed by atoms with Gasteiger partial charge in [-0.1, -0.05) is 14.3 Å². The van der Waals surface area contributed by atoms with E-state index in [-0.39, 0.29) is 19.0 Å². The Kier molecular flexibility index (Phi) is 4.16. The zero-order valence-electron chi connectivity index (χ0n) is 12.6. The molecular formula is C16H21N2OP. The van der Waals surface area contributed by atoms with Crippen molar-refractivity contribution in [2.24, 2.45) is 0 Å². The molecule has 0 bridgehead atoms. The lowest BCUT2D eigenvalue weighted by atomic mass is 9.83. The van der Waals surface area contributed by atoms with E-state index in [0.717, 1.165) is 36.1 Å². The molecule has 0 radical (unpaired) electrons. The molecule has 1 aliphatic rings. The van der Waals surface area contributed by atoms with Gasteiger partial charge in [-0.3, -0.25) is 4.79 Å². The second kappa shape index (κ2) is 5.54. The number of nitrogens with zero attached hydrogens (tertiary/aromatic N) is 1. The van der Waals surface area contributed by atoms with Crippen LogP contribution in [0.2, 0.25) is 0 Å². The van der Waals surface area contributed by atoms with Gasteiger partial charge in [-0.15, -0.1) is 0 Å². The molecule has 1 aromatic rings. The first-order valence-electron chi connectivity index (χ1n) is 6.91. The van der Waals surface area contributed by atoms with Crippen LogP contribution in [-0.2, 0) is 4.79 Å². The van der Waals surface area contributed by atoms with Crippen molar-refractivity contribution in [1.82, 2.24) is 0 Å². The van der Waals surface area contributed by atoms with Gasteiger partial charge in [0.15, 0.2) is 0 Å². The Bertz CT molecular complexity index is 560. The van der Waals surface area contributed by atoms with Crippen LogP contribution < -0.4 is 5.32 Å². The number of aryl methyl sites for hydroxylation is 2. The molecule has 2 rings (SSSR count). The monoisotopic (exact) mass is 288 g/mol. The highest BCUT2D eigenvalue weighted by Crippen LogP contribution is 2.56. The first-order chi connectivity index (χ1) is 9.40. The average molecular weight is 288 g/mol. The van der Waals surface area contributed by atoms with Gasteiger partial charge in [0.1, 0.15) is 0 Å². The summed E-state index contributed by atoms with van der Waals surface area (Å²) in [5, 5.41) is 12.0. The SMILES string of the molecule is Cc1cc(C#N)cc(C)c1NC(=O)C1(P(C)C)CCC1. The lowest BCUT2D eigenvalue weighted by Gasteiger charge is -2.44. The summed E-state index contributed by atoms with van der Waals surface area (Å²) >= 11 is 0. The van der Waals surface area contributed by atoms with Crippen molar-refractivity contribution in [2.45, 2.75) is 38.3 Å². The van der Waals surface area contributed by atoms with Crippen LogP contribution in [-0.4, -0.2) is 24.4 Å². The van der Waals surface area contributed by atoms with E-state index in [4.69, 9.17) is 5.26 Å². The van der Waals surface area contributed by atoms with Crippen molar-refractivity contribution in [1.29, 1.82) is 5.26 Å². The summed E-state index contributed by atoms with van der Waals surface area (Å²) in [7, 11) is -0.288. The molecule has 1 aliphatic carbocycles. The van der Waals surface area contributed by atoms with E-state index in [0.29, 0.717) is 5.56 Å². The molecule has 106 valence electrons. The van der Waals surface area contributed by atoms with Gasteiger partial charge in [0.2, 0.25) is 5.91 Å². The number of nitriles is 1. The Hall–Kier alpha value is -1.39. The van der Waals surface area contributed by atoms with Crippen molar-refractivity contribution in [3.8, 4) is 6.07 Å². The highest BCUT2D eigenvalue weighted by Gasteiger charge is 2.46. The zero-order chi connectivity index (χ0) is 14.9. The number of benzene rings is 1. The normalized spacial score (nSPS) is 16.4. The molecular weight excluding hydrogens is 267 g/mol. The number of anilines is 1. The molecule has 20 heavy (non-hydrogen) atoms. The number of hydrogen-bond donors (Lipinski definition) is 1. The maximum absolute atomic E-state index is 12.7. The van der Waals surface area contributed by atoms with Crippen molar-refractivity contribution in [2.75, 3.05) is 18.6 Å². The molecule has 1 amide bonds. The molecule has 0 unspecified atom stereocenters. The van der Waals surface area contributed by atoms with Crippen LogP contribution >= 0.6 is 7.92 Å². The molecule has 1 N–H and O–H groups in total. The third-order valence-corrected chi connectivity index (χ3v) is 6.72. The zero-order valence-corrected chi connectivity index (χ0v) is 13.5. The van der Waals surface area contributed by atoms with Crippen LogP contribution in [0.15, 0.2) is 12.1 Å². The van der Waals surface area contributed by atoms with Crippen molar-refractivity contribution in [3.63, 3.8) is 0 Å². The molecule has 0 aromatic heterocycles. The third-order valence-electron chi connectivity index (χ3n) is 4.36. The summed E-state index contributed by atoms with van der Waals surface area (Å²) < 4.78 is 0. The smallest absolute Gasteiger partial charge is 0.234 e. The Balaban J connectivity index is 2.27. The van der Waals surface area contributed by atoms with Crippen LogP contribution in [0.3, 0.4) is 0 Å². The fraction of sp³-hybridized carbons (Fsp3) is 0.500. The number of nitrogens with one attached hydrogen (secondary N) is 1. The molecule has 0 atom stereocenters. The van der Waals surface area contributed by atoms with E-state index in [9.17, 15) is 4.79 Å². The summed E-state index contributed by atoms with van der Waals surface area (Å²) in [5.41, 5.74) is 3.43. The van der Waals surface area contributed by atoms with E-state index in [2.05, 4.69) is 24.7 Å². The number of carbonyl (C=O) groups excluding carboxylic acids is 1. The van der Waals surface area contributed by atoms with Crippen LogP contribution in [0.5, 0.6) is 0 Å². The fourth-order valence-electron chi connectivity index (χ4n) is 2.84. The molecule has 1 fully saturated rings. The second-order valence-electron chi connectivity index (χ2n) is 5.83. The quantitative estimate of drug-likeness (QED) is 0.861. The summed E-state index contributed by atoms with van der Waals surface area (Å²) in [6.07, 6.45) is 3.16. The molecule has 1 saturated carbocycles. The van der Waals surface area contributed by atoms with Crippen LogP contribution in [0.25, 0.3) is 0 Å². The van der Waals surface area contributed by atoms with Gasteiger partial charge in [0.05, 0.1) is 16.8 Å². The maximum Gasteiger partial charge on any atom is 0.234 e. The first-order valence-corrected chi connectivity index (χ1v) is 9.14. The molecule has 0 spiro atoms. The number of carbonyl (C=O) groups is 1. The number of rotatable bonds is 3. The minimum atomic E-state index is -0.288. The predicted octanol–water partition coefficient (Wildman–Crippen LogP) is 3.78. The van der Waals surface area contributed by atoms with Gasteiger partial charge in [0.25, 0.3) is 0 Å². The molecule has 3 nitrogen and oxygen atoms in total. The van der Waals surface area contributed by atoms with Crippen LogP contribution in [0.1, 0.15) is 36.0 Å². The van der Waals surface area contributed by atoms with Crippen molar-refractivity contribution >= 4 is 19.5 Å². The lowest BCUT2D eigenvalue weighted by molar-refractivity contribution is -0.120. The fourth-order valence-corrected chi connectivity index (χ4v) is 4.52. The van der Waals surface area contributed by atoms with Gasteiger partial charge in [-0.25, -0.2) is 0 Å². The summed E-state index contributed by atoms with van der Waals surface area (Å²) in [6, 6.07) is 5.81. The molecule has 4 heteroatoms. The van der Waals surface area contributed by atoms with Crippen LogP contribution in [0.4, 0.5) is 5.69 Å². The summed E-state index contributed by atoms with van der Waals surface area (Å²) in [6.45, 7) is 8.26. The minimum absolute atomic E-state index is 0.137. The third kappa shape index (κ3) is 2.45. The lowest BCUT2D eigenvalue weighted by Crippen LogP contribution is -2.46. The predicted molar refractivity (Wildman–Crippen MR) is 84.6 cm³/mol. The Morgan fingerprint density at radius 1 is 1.30 bits per heavy atom. The summed E-state index contributed by atoms with van der Waals surface area (Å²) in [4.78, 5) is 12.7. The molecule has 0 saturated heterocycles. The van der Waals surface area contributed by atoms with Gasteiger partial charge in [-0.2, -0.15) is 5.26 Å². The number of hydrogen-bond acceptors (Lipinski definition) is 2. The number of amides is 1.